The van der Waals surface area contributed by atoms with E-state index >= 15 is 0 Å². The highest BCUT2D eigenvalue weighted by atomic mass is 32.2. The second kappa shape index (κ2) is 7.00. The van der Waals surface area contributed by atoms with Gasteiger partial charge in [0.15, 0.2) is 21.4 Å². The largest absolute Gasteiger partial charge is 0.486 e. The third-order valence-corrected chi connectivity index (χ3v) is 8.66. The Bertz CT molecular complexity index is 1390. The van der Waals surface area contributed by atoms with Crippen molar-refractivity contribution in [2.45, 2.75) is 23.6 Å². The molecule has 1 N–H and O–H groups in total. The maximum Gasteiger partial charge on any atom is 0.239 e. The van der Waals surface area contributed by atoms with Gasteiger partial charge < -0.3 is 19.7 Å². The fourth-order valence-corrected chi connectivity index (χ4v) is 6.07. The van der Waals surface area contributed by atoms with Gasteiger partial charge in [-0.2, -0.15) is 4.98 Å². The average molecular weight is 475 g/mol. The number of fused-ring (bicyclic) bond motifs is 4. The van der Waals surface area contributed by atoms with Gasteiger partial charge in [0.05, 0.1) is 30.3 Å². The lowest BCUT2D eigenvalue weighted by molar-refractivity contribution is 0.0692. The van der Waals surface area contributed by atoms with Crippen LogP contribution >= 0.6 is 0 Å². The van der Waals surface area contributed by atoms with E-state index < -0.39 is 20.4 Å². The van der Waals surface area contributed by atoms with E-state index in [-0.39, 0.29) is 12.0 Å². The molecule has 6 rings (SSSR count). The van der Waals surface area contributed by atoms with Crippen LogP contribution in [0.2, 0.25) is 0 Å². The maximum atomic E-state index is 13.9. The Hall–Kier alpha value is -2.99. The molecule has 4 heterocycles. The molecule has 33 heavy (non-hydrogen) atoms. The van der Waals surface area contributed by atoms with Crippen LogP contribution in [-0.2, 0) is 19.3 Å². The van der Waals surface area contributed by atoms with Crippen molar-refractivity contribution in [1.29, 1.82) is 0 Å². The fourth-order valence-electron chi connectivity index (χ4n) is 4.74. The summed E-state index contributed by atoms with van der Waals surface area (Å²) in [6.45, 7) is 2.02. The minimum Gasteiger partial charge on any atom is -0.486 e. The van der Waals surface area contributed by atoms with Gasteiger partial charge in [0.25, 0.3) is 0 Å². The van der Waals surface area contributed by atoms with Crippen molar-refractivity contribution < 1.29 is 22.3 Å². The molecule has 2 aliphatic heterocycles. The first-order chi connectivity index (χ1) is 15.8. The molecule has 1 saturated heterocycles. The van der Waals surface area contributed by atoms with Crippen LogP contribution in [0.15, 0.2) is 18.2 Å². The number of aromatic nitrogens is 4. The average Bonchev–Trinajstić information content (AvgIpc) is 3.54. The monoisotopic (exact) mass is 474 g/mol. The van der Waals surface area contributed by atoms with Crippen LogP contribution in [0.4, 0.5) is 16.2 Å². The van der Waals surface area contributed by atoms with Crippen LogP contribution < -0.4 is 15.0 Å². The van der Waals surface area contributed by atoms with Gasteiger partial charge in [0, 0.05) is 25.9 Å². The zero-order valence-electron chi connectivity index (χ0n) is 18.2. The number of benzene rings is 1. The van der Waals surface area contributed by atoms with E-state index in [2.05, 4.69) is 15.2 Å². The van der Waals surface area contributed by atoms with Crippen LogP contribution in [-0.4, -0.2) is 73.6 Å². The number of sulfone groups is 1. The summed E-state index contributed by atoms with van der Waals surface area (Å²) in [5, 5.41) is 3.01. The molecular weight excluding hydrogens is 451 g/mol. The van der Waals surface area contributed by atoms with Crippen molar-refractivity contribution in [2.75, 3.05) is 49.9 Å². The molecular formula is C21H23FN6O4S. The number of nitrogens with one attached hydrogen (secondary N) is 1. The third kappa shape index (κ3) is 3.00. The van der Waals surface area contributed by atoms with E-state index in [4.69, 9.17) is 19.4 Å². The Morgan fingerprint density at radius 3 is 2.76 bits per heavy atom. The molecule has 12 heteroatoms. The van der Waals surface area contributed by atoms with Crippen LogP contribution in [0, 0.1) is 5.82 Å². The summed E-state index contributed by atoms with van der Waals surface area (Å²) in [6.07, 6.45) is 2.18. The maximum absolute atomic E-state index is 13.9. The van der Waals surface area contributed by atoms with Gasteiger partial charge >= 0.3 is 0 Å². The number of halogens is 1. The lowest BCUT2D eigenvalue weighted by Crippen LogP contribution is -2.52. The topological polar surface area (TPSA) is 111 Å². The van der Waals surface area contributed by atoms with E-state index in [0.717, 1.165) is 0 Å². The van der Waals surface area contributed by atoms with Crippen LogP contribution in [0.25, 0.3) is 17.0 Å². The predicted molar refractivity (Wildman–Crippen MR) is 119 cm³/mol. The lowest BCUT2D eigenvalue weighted by Gasteiger charge is -2.41. The Morgan fingerprint density at radius 1 is 1.21 bits per heavy atom. The van der Waals surface area contributed by atoms with Crippen molar-refractivity contribution >= 4 is 32.6 Å². The van der Waals surface area contributed by atoms with Crippen molar-refractivity contribution in [3.63, 3.8) is 0 Å². The molecule has 1 atom stereocenters. The lowest BCUT2D eigenvalue weighted by atomic mass is 10.1. The first-order valence-corrected chi connectivity index (χ1v) is 12.7. The number of morpholine rings is 1. The number of rotatable bonds is 4. The minimum atomic E-state index is -3.46. The molecule has 0 radical (unpaired) electrons. The Morgan fingerprint density at radius 2 is 2.03 bits per heavy atom. The molecule has 1 aromatic carbocycles. The molecule has 0 spiro atoms. The highest BCUT2D eigenvalue weighted by molar-refractivity contribution is 7.92. The standard InChI is InChI=1S/C21H23FN6O4S/c1-23-19-24-14-9-12(22)3-4-15(14)28(19)20-25-17(21(5-6-21)33(2,29)30)16-18(26-20)27-7-8-31-10-13(27)11-32-16/h3-4,9,13H,5-8,10-11H2,1-2H3,(H,23,24)/t13-/m0/s1. The van der Waals surface area contributed by atoms with Gasteiger partial charge in [-0.3, -0.25) is 0 Å². The molecule has 0 amide bonds. The summed E-state index contributed by atoms with van der Waals surface area (Å²) >= 11 is 0. The van der Waals surface area contributed by atoms with Crippen LogP contribution in [0.1, 0.15) is 18.5 Å². The van der Waals surface area contributed by atoms with Crippen LogP contribution in [0.3, 0.4) is 0 Å². The molecule has 2 fully saturated rings. The summed E-state index contributed by atoms with van der Waals surface area (Å²) in [7, 11) is -1.76. The summed E-state index contributed by atoms with van der Waals surface area (Å²) < 4.78 is 51.8. The number of anilines is 2. The number of nitrogens with zero attached hydrogens (tertiary/aromatic N) is 5. The smallest absolute Gasteiger partial charge is 0.239 e. The van der Waals surface area contributed by atoms with Gasteiger partial charge in [-0.1, -0.05) is 0 Å². The molecule has 3 aliphatic rings. The Kier molecular flexibility index (Phi) is 4.37. The van der Waals surface area contributed by atoms with Crippen molar-refractivity contribution in [3.8, 4) is 11.7 Å². The SMILES string of the molecule is CNc1nc2cc(F)ccc2n1-c1nc2c(c(C3(S(C)(=O)=O)CC3)n1)OC[C@@H]1COCCN21. The Labute approximate surface area is 189 Å². The third-order valence-electron chi connectivity index (χ3n) is 6.64. The summed E-state index contributed by atoms with van der Waals surface area (Å²) in [4.78, 5) is 16.2. The van der Waals surface area contributed by atoms with E-state index in [1.807, 2.05) is 0 Å². The zero-order chi connectivity index (χ0) is 23.0. The van der Waals surface area contributed by atoms with Gasteiger partial charge in [-0.05, 0) is 25.0 Å². The van der Waals surface area contributed by atoms with Crippen molar-refractivity contribution in [1.82, 2.24) is 19.5 Å². The number of ether oxygens (including phenoxy) is 2. The molecule has 0 bridgehead atoms. The van der Waals surface area contributed by atoms with E-state index in [9.17, 15) is 12.8 Å². The first kappa shape index (κ1) is 20.6. The van der Waals surface area contributed by atoms with Crippen LogP contribution in [0.5, 0.6) is 5.75 Å². The van der Waals surface area contributed by atoms with Crippen molar-refractivity contribution in [3.05, 3.63) is 29.7 Å². The molecule has 2 aromatic heterocycles. The van der Waals surface area contributed by atoms with Gasteiger partial charge in [-0.25, -0.2) is 27.3 Å². The molecule has 10 nitrogen and oxygen atoms in total. The predicted octanol–water partition coefficient (Wildman–Crippen LogP) is 1.63. The summed E-state index contributed by atoms with van der Waals surface area (Å²) in [6, 6.07) is 4.27. The molecule has 0 unspecified atom stereocenters. The summed E-state index contributed by atoms with van der Waals surface area (Å²) in [5.41, 5.74) is 1.42. The highest BCUT2D eigenvalue weighted by Crippen LogP contribution is 2.56. The fraction of sp³-hybridized carbons (Fsp3) is 0.476. The van der Waals surface area contributed by atoms with Gasteiger partial charge in [0.2, 0.25) is 11.9 Å². The van der Waals surface area contributed by atoms with Gasteiger partial charge in [-0.15, -0.1) is 0 Å². The first-order valence-electron chi connectivity index (χ1n) is 10.8. The Balaban J connectivity index is 1.64. The second-order valence-electron chi connectivity index (χ2n) is 8.68. The second-order valence-corrected chi connectivity index (χ2v) is 11.0. The molecule has 174 valence electrons. The minimum absolute atomic E-state index is 0.0207. The molecule has 3 aromatic rings. The quantitative estimate of drug-likeness (QED) is 0.603. The normalized spacial score (nSPS) is 21.3. The van der Waals surface area contributed by atoms with E-state index in [1.165, 1.54) is 18.4 Å². The van der Waals surface area contributed by atoms with E-state index in [1.54, 1.807) is 17.7 Å². The number of hydrogen-bond acceptors (Lipinski definition) is 9. The molecule has 1 aliphatic carbocycles. The number of hydrogen-bond donors (Lipinski definition) is 1. The van der Waals surface area contributed by atoms with Gasteiger partial charge in [0.1, 0.15) is 22.9 Å². The highest BCUT2D eigenvalue weighted by Gasteiger charge is 2.58. The molecule has 1 saturated carbocycles. The zero-order valence-corrected chi connectivity index (χ0v) is 19.0. The number of imidazole rings is 1. The van der Waals surface area contributed by atoms with E-state index in [0.29, 0.717) is 73.5 Å². The summed E-state index contributed by atoms with van der Waals surface area (Å²) in [5.74, 6) is 1.24. The van der Waals surface area contributed by atoms with Crippen molar-refractivity contribution in [2.24, 2.45) is 0 Å².